The van der Waals surface area contributed by atoms with E-state index in [4.69, 9.17) is 16.2 Å². The van der Waals surface area contributed by atoms with Crippen molar-refractivity contribution in [3.63, 3.8) is 0 Å². The third-order valence-electron chi connectivity index (χ3n) is 3.90. The van der Waals surface area contributed by atoms with Crippen molar-refractivity contribution in [2.45, 2.75) is 43.7 Å². The van der Waals surface area contributed by atoms with Gasteiger partial charge in [-0.05, 0) is 32.1 Å². The normalized spacial score (nSPS) is 27.8. The van der Waals surface area contributed by atoms with E-state index in [0.29, 0.717) is 39.0 Å². The fourth-order valence-corrected chi connectivity index (χ4v) is 2.71. The van der Waals surface area contributed by atoms with Crippen molar-refractivity contribution in [2.75, 3.05) is 19.8 Å². The molecule has 2 fully saturated rings. The van der Waals surface area contributed by atoms with Crippen molar-refractivity contribution in [1.82, 2.24) is 4.90 Å². The second kappa shape index (κ2) is 5.24. The van der Waals surface area contributed by atoms with Gasteiger partial charge in [0.1, 0.15) is 6.04 Å². The van der Waals surface area contributed by atoms with E-state index in [1.807, 2.05) is 0 Å². The number of amides is 2. The highest BCUT2D eigenvalue weighted by atomic mass is 16.5. The number of likely N-dealkylation sites (tertiary alicyclic amines) is 1. The Balaban J connectivity index is 2.12. The largest absolute Gasteiger partial charge is 0.381 e. The Morgan fingerprint density at radius 3 is 2.50 bits per heavy atom. The lowest BCUT2D eigenvalue weighted by Gasteiger charge is -2.41. The van der Waals surface area contributed by atoms with Gasteiger partial charge < -0.3 is 21.1 Å². The maximum Gasteiger partial charge on any atom is 0.243 e. The number of ether oxygens (including phenoxy) is 1. The Labute approximate surface area is 107 Å². The quantitative estimate of drug-likeness (QED) is 0.685. The first-order chi connectivity index (χ1) is 8.54. The lowest BCUT2D eigenvalue weighted by atomic mass is 9.87. The smallest absolute Gasteiger partial charge is 0.243 e. The minimum Gasteiger partial charge on any atom is -0.381 e. The van der Waals surface area contributed by atoms with Crippen LogP contribution in [0.4, 0.5) is 0 Å². The molecule has 1 unspecified atom stereocenters. The summed E-state index contributed by atoms with van der Waals surface area (Å²) in [4.78, 5) is 25.5. The van der Waals surface area contributed by atoms with Gasteiger partial charge >= 0.3 is 0 Å². The molecule has 2 aliphatic heterocycles. The lowest BCUT2D eigenvalue weighted by Crippen LogP contribution is -2.62. The molecule has 0 radical (unpaired) electrons. The minimum absolute atomic E-state index is 0.144. The van der Waals surface area contributed by atoms with E-state index in [1.54, 1.807) is 4.90 Å². The van der Waals surface area contributed by atoms with Crippen molar-refractivity contribution >= 4 is 11.8 Å². The summed E-state index contributed by atoms with van der Waals surface area (Å²) in [5.74, 6) is -0.576. The summed E-state index contributed by atoms with van der Waals surface area (Å²) in [5, 5.41) is 0. The molecule has 0 aromatic rings. The van der Waals surface area contributed by atoms with Gasteiger partial charge in [-0.15, -0.1) is 0 Å². The zero-order chi connectivity index (χ0) is 13.2. The zero-order valence-electron chi connectivity index (χ0n) is 10.6. The predicted octanol–water partition coefficient (Wildman–Crippen LogP) is -0.639. The van der Waals surface area contributed by atoms with Crippen LogP contribution in [0.15, 0.2) is 0 Å². The molecule has 2 amide bonds. The summed E-state index contributed by atoms with van der Waals surface area (Å²) in [6.07, 6.45) is 3.50. The van der Waals surface area contributed by atoms with Crippen LogP contribution in [0.2, 0.25) is 0 Å². The SMILES string of the molecule is NC(=O)C1CCCCN1C(=O)C1(N)CCOCC1. The van der Waals surface area contributed by atoms with Crippen molar-refractivity contribution in [2.24, 2.45) is 11.5 Å². The number of hydrogen-bond acceptors (Lipinski definition) is 4. The van der Waals surface area contributed by atoms with Gasteiger partial charge in [0.2, 0.25) is 11.8 Å². The van der Waals surface area contributed by atoms with E-state index in [2.05, 4.69) is 0 Å². The summed E-state index contributed by atoms with van der Waals surface area (Å²) in [5.41, 5.74) is 10.7. The zero-order valence-corrected chi connectivity index (χ0v) is 10.6. The fraction of sp³-hybridized carbons (Fsp3) is 0.833. The van der Waals surface area contributed by atoms with Crippen molar-refractivity contribution in [3.8, 4) is 0 Å². The second-order valence-corrected chi connectivity index (χ2v) is 5.18. The van der Waals surface area contributed by atoms with E-state index >= 15 is 0 Å². The highest BCUT2D eigenvalue weighted by molar-refractivity contribution is 5.91. The first-order valence-electron chi connectivity index (χ1n) is 6.52. The molecule has 2 saturated heterocycles. The van der Waals surface area contributed by atoms with Crippen molar-refractivity contribution in [1.29, 1.82) is 0 Å². The summed E-state index contributed by atoms with van der Waals surface area (Å²) in [7, 11) is 0. The molecule has 0 aromatic carbocycles. The molecule has 4 N–H and O–H groups in total. The van der Waals surface area contributed by atoms with Crippen LogP contribution in [0.1, 0.15) is 32.1 Å². The molecule has 2 heterocycles. The number of hydrogen-bond donors (Lipinski definition) is 2. The molecule has 6 nitrogen and oxygen atoms in total. The number of nitrogens with two attached hydrogens (primary N) is 2. The standard InChI is InChI=1S/C12H21N3O3/c13-10(16)9-3-1-2-6-15(9)11(17)12(14)4-7-18-8-5-12/h9H,1-8,14H2,(H2,13,16). The monoisotopic (exact) mass is 255 g/mol. The summed E-state index contributed by atoms with van der Waals surface area (Å²) in [6, 6.07) is -0.491. The molecule has 0 saturated carbocycles. The molecule has 0 aliphatic carbocycles. The molecular formula is C12H21N3O3. The number of primary amides is 1. The van der Waals surface area contributed by atoms with Gasteiger partial charge in [0.25, 0.3) is 0 Å². The van der Waals surface area contributed by atoms with Crippen LogP contribution in [0.3, 0.4) is 0 Å². The summed E-state index contributed by atoms with van der Waals surface area (Å²) >= 11 is 0. The highest BCUT2D eigenvalue weighted by Crippen LogP contribution is 2.25. The van der Waals surface area contributed by atoms with Crippen LogP contribution in [0, 0.1) is 0 Å². The van der Waals surface area contributed by atoms with Crippen LogP contribution in [-0.2, 0) is 14.3 Å². The van der Waals surface area contributed by atoms with Gasteiger partial charge in [0.15, 0.2) is 0 Å². The van der Waals surface area contributed by atoms with Crippen molar-refractivity contribution in [3.05, 3.63) is 0 Å². The number of carbonyl (C=O) groups excluding carboxylic acids is 2. The molecule has 6 heteroatoms. The van der Waals surface area contributed by atoms with Crippen molar-refractivity contribution < 1.29 is 14.3 Å². The van der Waals surface area contributed by atoms with Gasteiger partial charge in [-0.25, -0.2) is 0 Å². The van der Waals surface area contributed by atoms with Crippen LogP contribution < -0.4 is 11.5 Å². The van der Waals surface area contributed by atoms with Crippen LogP contribution in [0.25, 0.3) is 0 Å². The fourth-order valence-electron chi connectivity index (χ4n) is 2.71. The number of piperidine rings is 1. The van der Waals surface area contributed by atoms with Gasteiger partial charge in [-0.1, -0.05) is 0 Å². The third kappa shape index (κ3) is 2.49. The van der Waals surface area contributed by atoms with E-state index < -0.39 is 17.5 Å². The first-order valence-corrected chi connectivity index (χ1v) is 6.52. The predicted molar refractivity (Wildman–Crippen MR) is 65.5 cm³/mol. The molecule has 1 atom stereocenters. The molecule has 2 aliphatic rings. The van der Waals surface area contributed by atoms with Gasteiger partial charge in [0.05, 0.1) is 5.54 Å². The molecule has 0 spiro atoms. The molecule has 102 valence electrons. The Hall–Kier alpha value is -1.14. The van der Waals surface area contributed by atoms with E-state index in [0.717, 1.165) is 12.8 Å². The number of nitrogens with zero attached hydrogens (tertiary/aromatic N) is 1. The van der Waals surface area contributed by atoms with Crippen LogP contribution in [0.5, 0.6) is 0 Å². The maximum absolute atomic E-state index is 12.5. The molecule has 0 bridgehead atoms. The molecule has 18 heavy (non-hydrogen) atoms. The van der Waals surface area contributed by atoms with Gasteiger partial charge in [-0.2, -0.15) is 0 Å². The van der Waals surface area contributed by atoms with Gasteiger partial charge in [-0.3, -0.25) is 9.59 Å². The lowest BCUT2D eigenvalue weighted by molar-refractivity contribution is -0.148. The third-order valence-corrected chi connectivity index (χ3v) is 3.90. The van der Waals surface area contributed by atoms with Crippen LogP contribution >= 0.6 is 0 Å². The Morgan fingerprint density at radius 1 is 1.22 bits per heavy atom. The average Bonchev–Trinajstić information content (AvgIpc) is 2.38. The second-order valence-electron chi connectivity index (χ2n) is 5.18. The molecule has 0 aromatic heterocycles. The Kier molecular flexibility index (Phi) is 3.87. The highest BCUT2D eigenvalue weighted by Gasteiger charge is 2.42. The van der Waals surface area contributed by atoms with E-state index in [1.165, 1.54) is 0 Å². The molecular weight excluding hydrogens is 234 g/mol. The Morgan fingerprint density at radius 2 is 1.89 bits per heavy atom. The average molecular weight is 255 g/mol. The summed E-state index contributed by atoms with van der Waals surface area (Å²) < 4.78 is 5.23. The first kappa shape index (κ1) is 13.3. The topological polar surface area (TPSA) is 98.7 Å². The van der Waals surface area contributed by atoms with Crippen LogP contribution in [-0.4, -0.2) is 48.1 Å². The van der Waals surface area contributed by atoms with E-state index in [-0.39, 0.29) is 5.91 Å². The summed E-state index contributed by atoms with van der Waals surface area (Å²) in [6.45, 7) is 1.57. The minimum atomic E-state index is -0.886. The number of carbonyl (C=O) groups is 2. The van der Waals surface area contributed by atoms with E-state index in [9.17, 15) is 9.59 Å². The number of rotatable bonds is 2. The maximum atomic E-state index is 12.5. The van der Waals surface area contributed by atoms with Gasteiger partial charge in [0, 0.05) is 19.8 Å². The Bertz CT molecular complexity index is 339. The molecule has 2 rings (SSSR count).